The van der Waals surface area contributed by atoms with Gasteiger partial charge in [0.05, 0.1) is 24.8 Å². The molecule has 1 aromatic carbocycles. The van der Waals surface area contributed by atoms with Crippen LogP contribution in [0.15, 0.2) is 36.7 Å². The number of fused-ring (bicyclic) bond motifs is 3. The molecule has 0 amide bonds. The second kappa shape index (κ2) is 6.73. The number of aromatic hydroxyl groups is 1. The molecule has 1 saturated carbocycles. The van der Waals surface area contributed by atoms with E-state index in [0.717, 1.165) is 29.8 Å². The first-order chi connectivity index (χ1) is 13.7. The summed E-state index contributed by atoms with van der Waals surface area (Å²) < 4.78 is 5.68. The van der Waals surface area contributed by atoms with Gasteiger partial charge >= 0.3 is 0 Å². The minimum atomic E-state index is 0.00156. The molecule has 3 atom stereocenters. The van der Waals surface area contributed by atoms with Crippen molar-refractivity contribution >= 4 is 16.6 Å². The molecule has 1 saturated heterocycles. The molecule has 1 unspecified atom stereocenters. The molecule has 3 aromatic rings. The lowest BCUT2D eigenvalue weighted by molar-refractivity contribution is 0.0392. The molecule has 2 fully saturated rings. The van der Waals surface area contributed by atoms with Gasteiger partial charge in [0.25, 0.3) is 0 Å². The maximum Gasteiger partial charge on any atom is 0.156 e. The summed E-state index contributed by atoms with van der Waals surface area (Å²) in [6.45, 7) is 1.58. The smallest absolute Gasteiger partial charge is 0.156 e. The Morgan fingerprint density at radius 2 is 1.93 bits per heavy atom. The highest BCUT2D eigenvalue weighted by molar-refractivity contribution is 6.00. The van der Waals surface area contributed by atoms with Crippen molar-refractivity contribution in [1.29, 1.82) is 5.26 Å². The maximum atomic E-state index is 10.4. The van der Waals surface area contributed by atoms with E-state index in [-0.39, 0.29) is 5.75 Å². The molecule has 2 bridgehead atoms. The van der Waals surface area contributed by atoms with Gasteiger partial charge in [-0.15, -0.1) is 10.2 Å². The Kier molecular flexibility index (Phi) is 4.06. The molecule has 7 heteroatoms. The highest BCUT2D eigenvalue weighted by Gasteiger charge is 2.40. The van der Waals surface area contributed by atoms with Gasteiger partial charge in [-0.25, -0.2) is 0 Å². The number of nitrogens with one attached hydrogen (secondary N) is 1. The Balaban J connectivity index is 1.57. The van der Waals surface area contributed by atoms with Gasteiger partial charge in [-0.05, 0) is 37.1 Å². The van der Waals surface area contributed by atoms with Gasteiger partial charge in [-0.3, -0.25) is 4.98 Å². The highest BCUT2D eigenvalue weighted by atomic mass is 16.5. The summed E-state index contributed by atoms with van der Waals surface area (Å²) >= 11 is 0. The second-order valence-electron chi connectivity index (χ2n) is 7.47. The lowest BCUT2D eigenvalue weighted by atomic mass is 9.96. The van der Waals surface area contributed by atoms with Crippen molar-refractivity contribution in [2.75, 3.05) is 18.5 Å². The summed E-state index contributed by atoms with van der Waals surface area (Å²) in [6, 6.07) is 9.06. The molecule has 3 heterocycles. The minimum Gasteiger partial charge on any atom is -0.507 e. The van der Waals surface area contributed by atoms with Crippen molar-refractivity contribution < 1.29 is 9.84 Å². The van der Waals surface area contributed by atoms with Crippen molar-refractivity contribution in [3.05, 3.63) is 42.2 Å². The average molecular weight is 373 g/mol. The van der Waals surface area contributed by atoms with Gasteiger partial charge in [0.1, 0.15) is 11.4 Å². The predicted molar refractivity (Wildman–Crippen MR) is 104 cm³/mol. The third-order valence-corrected chi connectivity index (χ3v) is 5.85. The zero-order chi connectivity index (χ0) is 19.1. The van der Waals surface area contributed by atoms with Crippen molar-refractivity contribution in [2.24, 2.45) is 11.8 Å². The number of nitrogens with zero attached hydrogens (tertiary/aromatic N) is 4. The first kappa shape index (κ1) is 16.9. The topological polar surface area (TPSA) is 104 Å². The summed E-state index contributed by atoms with van der Waals surface area (Å²) in [5.74, 6) is 1.74. The van der Waals surface area contributed by atoms with Crippen LogP contribution in [0, 0.1) is 23.2 Å². The monoisotopic (exact) mass is 373 g/mol. The van der Waals surface area contributed by atoms with Crippen LogP contribution in [0.1, 0.15) is 18.4 Å². The van der Waals surface area contributed by atoms with Gasteiger partial charge in [0, 0.05) is 46.6 Å². The van der Waals surface area contributed by atoms with E-state index < -0.39 is 0 Å². The molecule has 28 heavy (non-hydrogen) atoms. The van der Waals surface area contributed by atoms with E-state index in [4.69, 9.17) is 10.00 Å². The van der Waals surface area contributed by atoms with E-state index in [1.54, 1.807) is 24.5 Å². The Labute approximate surface area is 162 Å². The quantitative estimate of drug-likeness (QED) is 0.727. The highest BCUT2D eigenvalue weighted by Crippen LogP contribution is 2.39. The fourth-order valence-corrected chi connectivity index (χ4v) is 4.41. The average Bonchev–Trinajstić information content (AvgIpc) is 2.94. The first-order valence-electron chi connectivity index (χ1n) is 9.43. The molecular formula is C21H19N5O2. The predicted octanol–water partition coefficient (Wildman–Crippen LogP) is 3.11. The van der Waals surface area contributed by atoms with Crippen LogP contribution < -0.4 is 5.32 Å². The second-order valence-corrected chi connectivity index (χ2v) is 7.47. The lowest BCUT2D eigenvalue weighted by Crippen LogP contribution is -2.39. The zero-order valence-corrected chi connectivity index (χ0v) is 15.2. The number of pyridine rings is 1. The van der Waals surface area contributed by atoms with Crippen LogP contribution in [-0.4, -0.2) is 39.5 Å². The normalized spacial score (nSPS) is 23.5. The van der Waals surface area contributed by atoms with Crippen molar-refractivity contribution in [3.8, 4) is 23.1 Å². The SMILES string of the molecule is N#Cc1ccc(-c2nnc(NC3[C@@H]4CC[C@H]3COC4)c3ccncc23)c(O)c1. The minimum absolute atomic E-state index is 0.00156. The number of phenolic OH excluding ortho intramolecular Hbond substituents is 1. The summed E-state index contributed by atoms with van der Waals surface area (Å²) in [6.07, 6.45) is 5.82. The van der Waals surface area contributed by atoms with Gasteiger partial charge in [0.2, 0.25) is 0 Å². The molecule has 0 spiro atoms. The standard InChI is InChI=1S/C21H19N5O2/c22-8-12-1-4-16(18(27)7-12)20-17-9-23-6-5-15(17)21(26-25-20)24-19-13-2-3-14(19)11-28-10-13/h1,4-7,9,13-14,19,27H,2-3,10-11H2,(H,24,26)/t13-,14+,19?. The zero-order valence-electron chi connectivity index (χ0n) is 15.2. The van der Waals surface area contributed by atoms with Crippen LogP contribution in [0.5, 0.6) is 5.75 Å². The van der Waals surface area contributed by atoms with E-state index in [1.165, 1.54) is 18.9 Å². The number of benzene rings is 1. The summed E-state index contributed by atoms with van der Waals surface area (Å²) in [5, 5.41) is 33.6. The Morgan fingerprint density at radius 3 is 2.68 bits per heavy atom. The van der Waals surface area contributed by atoms with E-state index in [1.807, 2.05) is 12.1 Å². The summed E-state index contributed by atoms with van der Waals surface area (Å²) in [4.78, 5) is 4.24. The molecule has 0 radical (unpaired) electrons. The number of phenols is 1. The number of aromatic nitrogens is 3. The summed E-state index contributed by atoms with van der Waals surface area (Å²) in [7, 11) is 0. The third kappa shape index (κ3) is 2.74. The summed E-state index contributed by atoms with van der Waals surface area (Å²) in [5.41, 5.74) is 1.47. The number of nitriles is 1. The largest absolute Gasteiger partial charge is 0.507 e. The van der Waals surface area contributed by atoms with Gasteiger partial charge in [-0.2, -0.15) is 5.26 Å². The molecule has 5 rings (SSSR count). The number of rotatable bonds is 3. The Hall–Kier alpha value is -3.24. The Bertz CT molecular complexity index is 1080. The third-order valence-electron chi connectivity index (χ3n) is 5.85. The van der Waals surface area contributed by atoms with Crippen LogP contribution in [0.3, 0.4) is 0 Å². The van der Waals surface area contributed by atoms with Gasteiger partial charge < -0.3 is 15.2 Å². The number of hydrogen-bond donors (Lipinski definition) is 2. The molecule has 1 aliphatic heterocycles. The van der Waals surface area contributed by atoms with E-state index in [0.29, 0.717) is 34.7 Å². The van der Waals surface area contributed by atoms with E-state index in [9.17, 15) is 5.11 Å². The molecule has 140 valence electrons. The van der Waals surface area contributed by atoms with Gasteiger partial charge in [0.15, 0.2) is 5.82 Å². The maximum absolute atomic E-state index is 10.4. The first-order valence-corrected chi connectivity index (χ1v) is 9.43. The van der Waals surface area contributed by atoms with Crippen molar-refractivity contribution in [1.82, 2.24) is 15.2 Å². The molecular weight excluding hydrogens is 354 g/mol. The van der Waals surface area contributed by atoms with E-state index >= 15 is 0 Å². The fourth-order valence-electron chi connectivity index (χ4n) is 4.41. The van der Waals surface area contributed by atoms with Crippen LogP contribution >= 0.6 is 0 Å². The van der Waals surface area contributed by atoms with Crippen LogP contribution in [-0.2, 0) is 4.74 Å². The van der Waals surface area contributed by atoms with Crippen molar-refractivity contribution in [2.45, 2.75) is 18.9 Å². The van der Waals surface area contributed by atoms with Gasteiger partial charge in [-0.1, -0.05) is 0 Å². The molecule has 1 aliphatic carbocycles. The van der Waals surface area contributed by atoms with Crippen LogP contribution in [0.2, 0.25) is 0 Å². The van der Waals surface area contributed by atoms with Crippen LogP contribution in [0.25, 0.3) is 22.0 Å². The van der Waals surface area contributed by atoms with E-state index in [2.05, 4.69) is 20.5 Å². The lowest BCUT2D eigenvalue weighted by Gasteiger charge is -2.31. The Morgan fingerprint density at radius 1 is 1.11 bits per heavy atom. The fraction of sp³-hybridized carbons (Fsp3) is 0.333. The molecule has 2 aliphatic rings. The molecule has 7 nitrogen and oxygen atoms in total. The number of ether oxygens (including phenoxy) is 1. The number of hydrogen-bond acceptors (Lipinski definition) is 7. The molecule has 2 N–H and O–H groups in total. The molecule has 2 aromatic heterocycles. The number of anilines is 1. The van der Waals surface area contributed by atoms with Crippen LogP contribution in [0.4, 0.5) is 5.82 Å². The van der Waals surface area contributed by atoms with Crippen molar-refractivity contribution in [3.63, 3.8) is 0 Å².